The van der Waals surface area contributed by atoms with Gasteiger partial charge in [-0.15, -0.1) is 0 Å². The first-order chi connectivity index (χ1) is 13.2. The Hall–Kier alpha value is -1.85. The van der Waals surface area contributed by atoms with Crippen LogP contribution in [0.1, 0.15) is 49.1 Å². The first-order valence-electron chi connectivity index (χ1n) is 9.88. The maximum atomic E-state index is 13.1. The zero-order valence-corrected chi connectivity index (χ0v) is 16.5. The molecule has 0 aliphatic carbocycles. The zero-order valence-electron chi connectivity index (χ0n) is 15.7. The van der Waals surface area contributed by atoms with Crippen molar-refractivity contribution in [3.05, 3.63) is 41.0 Å². The number of rotatable bonds is 6. The molecule has 5 nitrogen and oxygen atoms in total. The summed E-state index contributed by atoms with van der Waals surface area (Å²) in [7, 11) is 0. The van der Waals surface area contributed by atoms with E-state index in [4.69, 9.17) is 21.4 Å². The van der Waals surface area contributed by atoms with E-state index in [0.717, 1.165) is 63.2 Å². The van der Waals surface area contributed by atoms with Gasteiger partial charge in [0.25, 0.3) is 5.91 Å². The van der Waals surface area contributed by atoms with Gasteiger partial charge in [0, 0.05) is 36.2 Å². The molecule has 1 amide bonds. The van der Waals surface area contributed by atoms with Crippen molar-refractivity contribution in [1.82, 2.24) is 14.7 Å². The SMILES string of the molecule is CCCCC1CN(CC2CCOC2)C(=O)c2cc(-c3ccc(Cl)cc3)nn21. The van der Waals surface area contributed by atoms with Gasteiger partial charge in [-0.1, -0.05) is 43.5 Å². The molecule has 2 aliphatic rings. The minimum absolute atomic E-state index is 0.0855. The van der Waals surface area contributed by atoms with Crippen molar-refractivity contribution < 1.29 is 9.53 Å². The number of aromatic nitrogens is 2. The third kappa shape index (κ3) is 3.90. The second-order valence-corrected chi connectivity index (χ2v) is 8.04. The van der Waals surface area contributed by atoms with Crippen LogP contribution >= 0.6 is 11.6 Å². The predicted octanol–water partition coefficient (Wildman–Crippen LogP) is 4.43. The number of carbonyl (C=O) groups excluding carboxylic acids is 1. The molecule has 1 aromatic carbocycles. The van der Waals surface area contributed by atoms with Crippen LogP contribution in [0, 0.1) is 5.92 Å². The minimum atomic E-state index is 0.0855. The van der Waals surface area contributed by atoms with Crippen LogP contribution in [0.4, 0.5) is 0 Å². The highest BCUT2D eigenvalue weighted by Gasteiger charge is 2.34. The number of unbranched alkanes of at least 4 members (excludes halogenated alkanes) is 1. The molecule has 6 heteroatoms. The molecule has 2 unspecified atom stereocenters. The second-order valence-electron chi connectivity index (χ2n) is 7.60. The molecule has 4 rings (SSSR count). The predicted molar refractivity (Wildman–Crippen MR) is 106 cm³/mol. The molecule has 3 heterocycles. The van der Waals surface area contributed by atoms with Crippen molar-refractivity contribution in [3.8, 4) is 11.3 Å². The number of amides is 1. The molecule has 1 fully saturated rings. The van der Waals surface area contributed by atoms with Gasteiger partial charge in [-0.2, -0.15) is 5.10 Å². The Kier molecular flexibility index (Phi) is 5.50. The molecule has 144 valence electrons. The van der Waals surface area contributed by atoms with E-state index in [1.54, 1.807) is 0 Å². The Morgan fingerprint density at radius 2 is 2.11 bits per heavy atom. The first-order valence-corrected chi connectivity index (χ1v) is 10.3. The number of fused-ring (bicyclic) bond motifs is 1. The molecule has 2 aliphatic heterocycles. The lowest BCUT2D eigenvalue weighted by Gasteiger charge is -2.34. The maximum absolute atomic E-state index is 13.1. The summed E-state index contributed by atoms with van der Waals surface area (Å²) >= 11 is 6.01. The van der Waals surface area contributed by atoms with Gasteiger partial charge in [0.1, 0.15) is 5.69 Å². The Bertz CT molecular complexity index is 796. The fourth-order valence-electron chi connectivity index (χ4n) is 4.02. The maximum Gasteiger partial charge on any atom is 0.272 e. The van der Waals surface area contributed by atoms with Gasteiger partial charge in [0.2, 0.25) is 0 Å². The molecule has 1 aromatic heterocycles. The van der Waals surface area contributed by atoms with Crippen molar-refractivity contribution >= 4 is 17.5 Å². The van der Waals surface area contributed by atoms with Crippen LogP contribution in [0.15, 0.2) is 30.3 Å². The van der Waals surface area contributed by atoms with Crippen LogP contribution in [0.25, 0.3) is 11.3 Å². The Morgan fingerprint density at radius 1 is 1.30 bits per heavy atom. The van der Waals surface area contributed by atoms with E-state index in [1.165, 1.54) is 0 Å². The van der Waals surface area contributed by atoms with Crippen molar-refractivity contribution in [1.29, 1.82) is 0 Å². The standard InChI is InChI=1S/C21H26ClN3O2/c1-2-3-4-18-13-24(12-15-9-10-27-14-15)21(26)20-11-19(23-25(18)20)16-5-7-17(22)8-6-16/h5-8,11,15,18H,2-4,9-10,12-14H2,1H3. The number of hydrogen-bond donors (Lipinski definition) is 0. The molecular weight excluding hydrogens is 362 g/mol. The highest BCUT2D eigenvalue weighted by Crippen LogP contribution is 2.30. The average molecular weight is 388 g/mol. The zero-order chi connectivity index (χ0) is 18.8. The van der Waals surface area contributed by atoms with Gasteiger partial charge in [0.15, 0.2) is 0 Å². The molecule has 0 radical (unpaired) electrons. The summed E-state index contributed by atoms with van der Waals surface area (Å²) in [6.45, 7) is 5.29. The molecule has 0 spiro atoms. The summed E-state index contributed by atoms with van der Waals surface area (Å²) in [6, 6.07) is 9.80. The van der Waals surface area contributed by atoms with E-state index >= 15 is 0 Å². The van der Waals surface area contributed by atoms with E-state index < -0.39 is 0 Å². The fraction of sp³-hybridized carbons (Fsp3) is 0.524. The molecule has 27 heavy (non-hydrogen) atoms. The monoisotopic (exact) mass is 387 g/mol. The number of halogens is 1. The Morgan fingerprint density at radius 3 is 2.81 bits per heavy atom. The van der Waals surface area contributed by atoms with Gasteiger partial charge in [0.05, 0.1) is 18.3 Å². The third-order valence-corrected chi connectivity index (χ3v) is 5.80. The van der Waals surface area contributed by atoms with Gasteiger partial charge >= 0.3 is 0 Å². The highest BCUT2D eigenvalue weighted by atomic mass is 35.5. The molecule has 2 atom stereocenters. The minimum Gasteiger partial charge on any atom is -0.381 e. The normalized spacial score (nSPS) is 22.3. The molecule has 0 saturated carbocycles. The van der Waals surface area contributed by atoms with E-state index in [-0.39, 0.29) is 11.9 Å². The second kappa shape index (κ2) is 8.03. The Balaban J connectivity index is 1.63. The van der Waals surface area contributed by atoms with Crippen LogP contribution in [0.3, 0.4) is 0 Å². The summed E-state index contributed by atoms with van der Waals surface area (Å²) in [4.78, 5) is 15.1. The van der Waals surface area contributed by atoms with Crippen molar-refractivity contribution in [2.24, 2.45) is 5.92 Å². The van der Waals surface area contributed by atoms with Crippen molar-refractivity contribution in [2.45, 2.75) is 38.6 Å². The molecule has 1 saturated heterocycles. The first kappa shape index (κ1) is 18.5. The fourth-order valence-corrected chi connectivity index (χ4v) is 4.15. The molecular formula is C21H26ClN3O2. The summed E-state index contributed by atoms with van der Waals surface area (Å²) in [5, 5.41) is 5.50. The topological polar surface area (TPSA) is 47.4 Å². The Labute approximate surface area is 165 Å². The lowest BCUT2D eigenvalue weighted by atomic mass is 10.0. The lowest BCUT2D eigenvalue weighted by Crippen LogP contribution is -2.45. The van der Waals surface area contributed by atoms with Crippen molar-refractivity contribution in [2.75, 3.05) is 26.3 Å². The summed E-state index contributed by atoms with van der Waals surface area (Å²) in [5.74, 6) is 0.536. The van der Waals surface area contributed by atoms with Crippen LogP contribution in [-0.4, -0.2) is 46.9 Å². The van der Waals surface area contributed by atoms with Crippen LogP contribution in [-0.2, 0) is 4.74 Å². The van der Waals surface area contributed by atoms with Crippen LogP contribution in [0.5, 0.6) is 0 Å². The van der Waals surface area contributed by atoms with Crippen LogP contribution < -0.4 is 0 Å². The molecule has 2 aromatic rings. The van der Waals surface area contributed by atoms with Gasteiger partial charge in [-0.05, 0) is 31.0 Å². The highest BCUT2D eigenvalue weighted by molar-refractivity contribution is 6.30. The van der Waals surface area contributed by atoms with E-state index in [1.807, 2.05) is 39.9 Å². The van der Waals surface area contributed by atoms with Crippen LogP contribution in [0.2, 0.25) is 5.02 Å². The van der Waals surface area contributed by atoms with Gasteiger partial charge < -0.3 is 9.64 Å². The quantitative estimate of drug-likeness (QED) is 0.736. The number of carbonyl (C=O) groups is 1. The number of hydrogen-bond acceptors (Lipinski definition) is 3. The smallest absolute Gasteiger partial charge is 0.272 e. The summed E-state index contributed by atoms with van der Waals surface area (Å²) in [6.07, 6.45) is 4.35. The largest absolute Gasteiger partial charge is 0.381 e. The van der Waals surface area contributed by atoms with E-state index in [0.29, 0.717) is 16.6 Å². The van der Waals surface area contributed by atoms with E-state index in [9.17, 15) is 4.79 Å². The number of nitrogens with zero attached hydrogens (tertiary/aromatic N) is 3. The lowest BCUT2D eigenvalue weighted by molar-refractivity contribution is 0.0609. The van der Waals surface area contributed by atoms with Crippen molar-refractivity contribution in [3.63, 3.8) is 0 Å². The summed E-state index contributed by atoms with van der Waals surface area (Å²) < 4.78 is 7.46. The number of ether oxygens (including phenoxy) is 1. The van der Waals surface area contributed by atoms with Gasteiger partial charge in [-0.25, -0.2) is 0 Å². The van der Waals surface area contributed by atoms with E-state index in [2.05, 4.69) is 6.92 Å². The molecule has 0 bridgehead atoms. The molecule has 0 N–H and O–H groups in total. The summed E-state index contributed by atoms with van der Waals surface area (Å²) in [5.41, 5.74) is 2.52. The average Bonchev–Trinajstić information content (AvgIpc) is 3.34. The number of benzene rings is 1. The third-order valence-electron chi connectivity index (χ3n) is 5.55. The van der Waals surface area contributed by atoms with Gasteiger partial charge in [-0.3, -0.25) is 9.48 Å².